The van der Waals surface area contributed by atoms with Crippen LogP contribution in [0.4, 0.5) is 0 Å². The molecule has 15 heavy (non-hydrogen) atoms. The van der Waals surface area contributed by atoms with E-state index in [-0.39, 0.29) is 11.9 Å². The van der Waals surface area contributed by atoms with Gasteiger partial charge in [0.05, 0.1) is 6.10 Å². The SMILES string of the molecule is CC(=O)Cc1ccc(CCC(C)O)cc1. The van der Waals surface area contributed by atoms with Crippen molar-refractivity contribution < 1.29 is 9.90 Å². The third-order valence-corrected chi connectivity index (χ3v) is 2.33. The molecule has 2 nitrogen and oxygen atoms in total. The Balaban J connectivity index is 2.52. The van der Waals surface area contributed by atoms with E-state index in [4.69, 9.17) is 5.11 Å². The van der Waals surface area contributed by atoms with Crippen molar-refractivity contribution in [2.45, 2.75) is 39.2 Å². The second-order valence-electron chi connectivity index (χ2n) is 4.08. The molecular formula is C13H18O2. The Morgan fingerprint density at radius 2 is 1.80 bits per heavy atom. The molecule has 0 fully saturated rings. The summed E-state index contributed by atoms with van der Waals surface area (Å²) >= 11 is 0. The molecule has 0 aromatic heterocycles. The molecule has 1 aromatic carbocycles. The van der Waals surface area contributed by atoms with Crippen LogP contribution in [0, 0.1) is 0 Å². The Morgan fingerprint density at radius 3 is 2.27 bits per heavy atom. The summed E-state index contributed by atoms with van der Waals surface area (Å²) in [6.45, 7) is 3.39. The highest BCUT2D eigenvalue weighted by atomic mass is 16.3. The van der Waals surface area contributed by atoms with Crippen LogP contribution in [-0.2, 0) is 17.6 Å². The van der Waals surface area contributed by atoms with Crippen molar-refractivity contribution >= 4 is 5.78 Å². The van der Waals surface area contributed by atoms with Gasteiger partial charge in [-0.1, -0.05) is 24.3 Å². The molecule has 0 spiro atoms. The third kappa shape index (κ3) is 4.75. The lowest BCUT2D eigenvalue weighted by molar-refractivity contribution is -0.116. The van der Waals surface area contributed by atoms with Gasteiger partial charge in [-0.3, -0.25) is 4.79 Å². The monoisotopic (exact) mass is 206 g/mol. The van der Waals surface area contributed by atoms with E-state index < -0.39 is 0 Å². The highest BCUT2D eigenvalue weighted by Gasteiger charge is 2.00. The number of hydrogen-bond donors (Lipinski definition) is 1. The van der Waals surface area contributed by atoms with E-state index in [2.05, 4.69) is 0 Å². The van der Waals surface area contributed by atoms with Crippen molar-refractivity contribution in [2.24, 2.45) is 0 Å². The predicted molar refractivity (Wildman–Crippen MR) is 60.8 cm³/mol. The Bertz CT molecular complexity index is 312. The number of carbonyl (C=O) groups is 1. The standard InChI is InChI=1S/C13H18O2/c1-10(14)3-4-12-5-7-13(8-6-12)9-11(2)15/h5-8,10,14H,3-4,9H2,1-2H3. The molecule has 0 aliphatic heterocycles. The fourth-order valence-corrected chi connectivity index (χ4v) is 1.49. The minimum Gasteiger partial charge on any atom is -0.393 e. The van der Waals surface area contributed by atoms with Crippen LogP contribution < -0.4 is 0 Å². The molecule has 0 amide bonds. The van der Waals surface area contributed by atoms with Gasteiger partial charge in [-0.15, -0.1) is 0 Å². The third-order valence-electron chi connectivity index (χ3n) is 2.33. The second-order valence-corrected chi connectivity index (χ2v) is 4.08. The number of carbonyl (C=O) groups excluding carboxylic acids is 1. The lowest BCUT2D eigenvalue weighted by Gasteiger charge is -2.05. The summed E-state index contributed by atoms with van der Waals surface area (Å²) in [5.74, 6) is 0.187. The van der Waals surface area contributed by atoms with Crippen LogP contribution in [0.2, 0.25) is 0 Å². The predicted octanol–water partition coefficient (Wildman–Crippen LogP) is 2.13. The van der Waals surface area contributed by atoms with Gasteiger partial charge in [0.2, 0.25) is 0 Å². The molecule has 1 atom stereocenters. The Labute approximate surface area is 90.9 Å². The van der Waals surface area contributed by atoms with Crippen LogP contribution in [-0.4, -0.2) is 17.0 Å². The maximum atomic E-state index is 10.9. The highest BCUT2D eigenvalue weighted by Crippen LogP contribution is 2.08. The molecule has 0 saturated carbocycles. The summed E-state index contributed by atoms with van der Waals surface area (Å²) in [5.41, 5.74) is 2.27. The van der Waals surface area contributed by atoms with Crippen molar-refractivity contribution in [1.29, 1.82) is 0 Å². The summed E-state index contributed by atoms with van der Waals surface area (Å²) < 4.78 is 0. The van der Waals surface area contributed by atoms with E-state index in [1.807, 2.05) is 24.3 Å². The molecule has 0 aliphatic rings. The van der Waals surface area contributed by atoms with Gasteiger partial charge >= 0.3 is 0 Å². The van der Waals surface area contributed by atoms with Crippen molar-refractivity contribution in [3.05, 3.63) is 35.4 Å². The zero-order valence-corrected chi connectivity index (χ0v) is 9.36. The summed E-state index contributed by atoms with van der Waals surface area (Å²) in [4.78, 5) is 10.9. The van der Waals surface area contributed by atoms with Crippen molar-refractivity contribution in [1.82, 2.24) is 0 Å². The van der Waals surface area contributed by atoms with Gasteiger partial charge in [-0.05, 0) is 37.8 Å². The van der Waals surface area contributed by atoms with Gasteiger partial charge in [-0.25, -0.2) is 0 Å². The lowest BCUT2D eigenvalue weighted by atomic mass is 10.0. The van der Waals surface area contributed by atoms with Crippen molar-refractivity contribution in [3.63, 3.8) is 0 Å². The van der Waals surface area contributed by atoms with Crippen LogP contribution in [0.3, 0.4) is 0 Å². The van der Waals surface area contributed by atoms with E-state index in [1.165, 1.54) is 5.56 Å². The average molecular weight is 206 g/mol. The summed E-state index contributed by atoms with van der Waals surface area (Å²) in [7, 11) is 0. The number of aryl methyl sites for hydroxylation is 1. The van der Waals surface area contributed by atoms with E-state index >= 15 is 0 Å². The zero-order valence-electron chi connectivity index (χ0n) is 9.36. The van der Waals surface area contributed by atoms with Crippen molar-refractivity contribution in [3.8, 4) is 0 Å². The number of aliphatic hydroxyl groups is 1. The molecule has 1 unspecified atom stereocenters. The largest absolute Gasteiger partial charge is 0.393 e. The molecule has 0 radical (unpaired) electrons. The first-order valence-corrected chi connectivity index (χ1v) is 5.33. The maximum Gasteiger partial charge on any atom is 0.134 e. The summed E-state index contributed by atoms with van der Waals surface area (Å²) in [6.07, 6.45) is 1.93. The maximum absolute atomic E-state index is 10.9. The van der Waals surface area contributed by atoms with Crippen LogP contribution in [0.15, 0.2) is 24.3 Å². The smallest absolute Gasteiger partial charge is 0.134 e. The highest BCUT2D eigenvalue weighted by molar-refractivity contribution is 5.78. The van der Waals surface area contributed by atoms with Crippen LogP contribution >= 0.6 is 0 Å². The van der Waals surface area contributed by atoms with Crippen LogP contribution in [0.25, 0.3) is 0 Å². The Morgan fingerprint density at radius 1 is 1.27 bits per heavy atom. The fourth-order valence-electron chi connectivity index (χ4n) is 1.49. The fraction of sp³-hybridized carbons (Fsp3) is 0.462. The van der Waals surface area contributed by atoms with Gasteiger partial charge in [0, 0.05) is 6.42 Å². The lowest BCUT2D eigenvalue weighted by Crippen LogP contribution is -2.01. The van der Waals surface area contributed by atoms with E-state index in [0.29, 0.717) is 6.42 Å². The van der Waals surface area contributed by atoms with Gasteiger partial charge in [-0.2, -0.15) is 0 Å². The molecule has 1 N–H and O–H groups in total. The molecule has 1 aromatic rings. The summed E-state index contributed by atoms with van der Waals surface area (Å²) in [5, 5.41) is 9.14. The number of Topliss-reactive ketones (excluding diaryl/α,β-unsaturated/α-hetero) is 1. The number of hydrogen-bond acceptors (Lipinski definition) is 2. The topological polar surface area (TPSA) is 37.3 Å². The molecule has 2 heteroatoms. The molecular weight excluding hydrogens is 188 g/mol. The van der Waals surface area contributed by atoms with Gasteiger partial charge < -0.3 is 5.11 Å². The zero-order chi connectivity index (χ0) is 11.3. The summed E-state index contributed by atoms with van der Waals surface area (Å²) in [6, 6.07) is 8.03. The van der Waals surface area contributed by atoms with E-state index in [1.54, 1.807) is 13.8 Å². The number of aliphatic hydroxyl groups excluding tert-OH is 1. The molecule has 0 bridgehead atoms. The average Bonchev–Trinajstić information content (AvgIpc) is 2.16. The minimum atomic E-state index is -0.248. The molecule has 0 heterocycles. The first-order chi connectivity index (χ1) is 7.08. The Hall–Kier alpha value is -1.15. The van der Waals surface area contributed by atoms with Crippen LogP contribution in [0.5, 0.6) is 0 Å². The van der Waals surface area contributed by atoms with E-state index in [0.717, 1.165) is 18.4 Å². The normalized spacial score (nSPS) is 12.5. The Kier molecular flexibility index (Phi) is 4.50. The molecule has 82 valence electrons. The second kappa shape index (κ2) is 5.66. The van der Waals surface area contributed by atoms with E-state index in [9.17, 15) is 4.79 Å². The van der Waals surface area contributed by atoms with Gasteiger partial charge in [0.1, 0.15) is 5.78 Å². The molecule has 0 aliphatic carbocycles. The van der Waals surface area contributed by atoms with Gasteiger partial charge in [0.25, 0.3) is 0 Å². The van der Waals surface area contributed by atoms with Gasteiger partial charge in [0.15, 0.2) is 0 Å². The molecule has 0 saturated heterocycles. The minimum absolute atomic E-state index is 0.187. The van der Waals surface area contributed by atoms with Crippen molar-refractivity contribution in [2.75, 3.05) is 0 Å². The first kappa shape index (κ1) is 11.9. The quantitative estimate of drug-likeness (QED) is 0.801. The number of benzene rings is 1. The van der Waals surface area contributed by atoms with Crippen LogP contribution in [0.1, 0.15) is 31.4 Å². The molecule has 1 rings (SSSR count). The number of ketones is 1. The first-order valence-electron chi connectivity index (χ1n) is 5.33. The number of rotatable bonds is 5.